The van der Waals surface area contributed by atoms with Gasteiger partial charge in [-0.05, 0) is 12.5 Å². The molecule has 0 aromatic rings. The van der Waals surface area contributed by atoms with Gasteiger partial charge in [0.1, 0.15) is 23.1 Å². The highest BCUT2D eigenvalue weighted by atomic mass is 32.2. The highest BCUT2D eigenvalue weighted by Gasteiger charge is 2.17. The number of hydrogen-bond donors (Lipinski definition) is 0. The SMILES string of the molecule is C.COCC(C)C(=O)C(C)C.COCC(C)C(=O)C(C)C.CSCC(C)C(=O)C(C)C.CSCC(C)C(=O)C(C)C. The highest BCUT2D eigenvalue weighted by Crippen LogP contribution is 2.12. The van der Waals surface area contributed by atoms with Crippen molar-refractivity contribution in [3.05, 3.63) is 0 Å². The number of carbonyl (C=O) groups is 4. The molecule has 0 rings (SSSR count). The van der Waals surface area contributed by atoms with Gasteiger partial charge in [-0.15, -0.1) is 0 Å². The van der Waals surface area contributed by atoms with Gasteiger partial charge in [-0.25, -0.2) is 0 Å². The predicted octanol–water partition coefficient (Wildman–Crippen LogP) is 8.05. The van der Waals surface area contributed by atoms with Crippen LogP contribution in [0.5, 0.6) is 0 Å². The van der Waals surface area contributed by atoms with Gasteiger partial charge in [-0.2, -0.15) is 23.5 Å². The van der Waals surface area contributed by atoms with Crippen LogP contribution in [0.2, 0.25) is 0 Å². The van der Waals surface area contributed by atoms with Gasteiger partial charge in [0.2, 0.25) is 0 Å². The van der Waals surface area contributed by atoms with Crippen LogP contribution in [0, 0.1) is 47.3 Å². The molecular weight excluding hydrogens is 556 g/mol. The van der Waals surface area contributed by atoms with Crippen LogP contribution in [0.1, 0.15) is 90.5 Å². The normalized spacial score (nSPS) is 13.4. The Labute approximate surface area is 264 Å². The molecule has 0 fully saturated rings. The first-order valence-electron chi connectivity index (χ1n) is 14.5. The molecule has 0 aliphatic heterocycles. The molecule has 0 aromatic carbocycles. The van der Waals surface area contributed by atoms with Crippen LogP contribution >= 0.6 is 23.5 Å². The second-order valence-electron chi connectivity index (χ2n) is 11.7. The largest absolute Gasteiger partial charge is 0.384 e. The summed E-state index contributed by atoms with van der Waals surface area (Å²) in [6.07, 6.45) is 4.06. The molecule has 0 saturated heterocycles. The quantitative estimate of drug-likeness (QED) is 0.171. The minimum atomic E-state index is 0. The van der Waals surface area contributed by atoms with E-state index in [4.69, 9.17) is 9.47 Å². The summed E-state index contributed by atoms with van der Waals surface area (Å²) < 4.78 is 9.71. The zero-order chi connectivity index (χ0) is 32.6. The lowest BCUT2D eigenvalue weighted by Crippen LogP contribution is -2.20. The van der Waals surface area contributed by atoms with Crippen molar-refractivity contribution in [1.82, 2.24) is 0 Å². The van der Waals surface area contributed by atoms with E-state index in [1.807, 2.05) is 95.6 Å². The van der Waals surface area contributed by atoms with E-state index < -0.39 is 0 Å². The van der Waals surface area contributed by atoms with Gasteiger partial charge in [0, 0.05) is 73.1 Å². The Morgan fingerprint density at radius 2 is 0.659 bits per heavy atom. The van der Waals surface area contributed by atoms with E-state index in [0.717, 1.165) is 11.5 Å². The molecule has 41 heavy (non-hydrogen) atoms. The van der Waals surface area contributed by atoms with Crippen molar-refractivity contribution in [2.45, 2.75) is 90.5 Å². The minimum Gasteiger partial charge on any atom is -0.384 e. The third-order valence-electron chi connectivity index (χ3n) is 5.89. The maximum Gasteiger partial charge on any atom is 0.140 e. The second kappa shape index (κ2) is 30.7. The summed E-state index contributed by atoms with van der Waals surface area (Å²) in [5.41, 5.74) is 0. The van der Waals surface area contributed by atoms with Crippen LogP contribution in [0.15, 0.2) is 0 Å². The number of carbonyl (C=O) groups excluding carboxylic acids is 4. The summed E-state index contributed by atoms with van der Waals surface area (Å²) in [6.45, 7) is 24.3. The van der Waals surface area contributed by atoms with Crippen molar-refractivity contribution >= 4 is 46.7 Å². The van der Waals surface area contributed by atoms with Gasteiger partial charge in [0.05, 0.1) is 13.2 Å². The van der Waals surface area contributed by atoms with Gasteiger partial charge in [-0.1, -0.05) is 90.5 Å². The number of ether oxygens (including phenoxy) is 2. The molecule has 6 nitrogen and oxygen atoms in total. The van der Waals surface area contributed by atoms with E-state index >= 15 is 0 Å². The fraction of sp³-hybridized carbons (Fsp3) is 0.879. The van der Waals surface area contributed by atoms with Crippen LogP contribution in [-0.4, -0.2) is 74.6 Å². The molecule has 0 N–H and O–H groups in total. The van der Waals surface area contributed by atoms with E-state index in [0.29, 0.717) is 24.8 Å². The van der Waals surface area contributed by atoms with Crippen molar-refractivity contribution < 1.29 is 28.7 Å². The predicted molar refractivity (Wildman–Crippen MR) is 183 cm³/mol. The lowest BCUT2D eigenvalue weighted by molar-refractivity contribution is -0.127. The number of thioether (sulfide) groups is 2. The topological polar surface area (TPSA) is 86.7 Å². The number of Topliss-reactive ketones (excluding diaryl/α,β-unsaturated/α-hetero) is 4. The van der Waals surface area contributed by atoms with E-state index in [9.17, 15) is 19.2 Å². The fourth-order valence-electron chi connectivity index (χ4n) is 3.60. The van der Waals surface area contributed by atoms with Gasteiger partial charge < -0.3 is 9.47 Å². The third kappa shape index (κ3) is 29.2. The first-order valence-corrected chi connectivity index (χ1v) is 17.3. The molecule has 0 bridgehead atoms. The Bertz CT molecular complexity index is 550. The Morgan fingerprint density at radius 3 is 0.805 bits per heavy atom. The van der Waals surface area contributed by atoms with Crippen LogP contribution in [-0.2, 0) is 28.7 Å². The fourth-order valence-corrected chi connectivity index (χ4v) is 4.93. The summed E-state index contributed by atoms with van der Waals surface area (Å²) in [6, 6.07) is 0. The van der Waals surface area contributed by atoms with Crippen molar-refractivity contribution in [2.24, 2.45) is 47.3 Å². The Balaban J connectivity index is -0.000000139. The van der Waals surface area contributed by atoms with Gasteiger partial charge in [-0.3, -0.25) is 19.2 Å². The maximum atomic E-state index is 11.2. The number of rotatable bonds is 16. The Kier molecular flexibility index (Phi) is 37.5. The number of hydrogen-bond acceptors (Lipinski definition) is 8. The molecule has 0 radical (unpaired) electrons. The van der Waals surface area contributed by atoms with Gasteiger partial charge in [0.15, 0.2) is 0 Å². The zero-order valence-corrected chi connectivity index (χ0v) is 30.3. The summed E-state index contributed by atoms with van der Waals surface area (Å²) in [5, 5.41) is 0. The van der Waals surface area contributed by atoms with Crippen molar-refractivity contribution in [1.29, 1.82) is 0 Å². The number of methoxy groups -OCH3 is 2. The van der Waals surface area contributed by atoms with E-state index in [1.165, 1.54) is 0 Å². The first-order chi connectivity index (χ1) is 18.4. The molecule has 0 aliphatic rings. The van der Waals surface area contributed by atoms with Crippen LogP contribution in [0.3, 0.4) is 0 Å². The lowest BCUT2D eigenvalue weighted by Gasteiger charge is -2.10. The zero-order valence-electron chi connectivity index (χ0n) is 28.7. The van der Waals surface area contributed by atoms with Gasteiger partial charge in [0.25, 0.3) is 0 Å². The van der Waals surface area contributed by atoms with E-state index in [-0.39, 0.29) is 66.3 Å². The van der Waals surface area contributed by atoms with Gasteiger partial charge >= 0.3 is 0 Å². The van der Waals surface area contributed by atoms with Crippen molar-refractivity contribution in [3.63, 3.8) is 0 Å². The highest BCUT2D eigenvalue weighted by molar-refractivity contribution is 7.98. The van der Waals surface area contributed by atoms with Crippen LogP contribution in [0.4, 0.5) is 0 Å². The first kappa shape index (κ1) is 50.0. The maximum absolute atomic E-state index is 11.2. The Morgan fingerprint density at radius 1 is 0.463 bits per heavy atom. The molecule has 8 heteroatoms. The summed E-state index contributed by atoms with van der Waals surface area (Å²) in [7, 11) is 3.23. The van der Waals surface area contributed by atoms with Crippen molar-refractivity contribution in [3.8, 4) is 0 Å². The second-order valence-corrected chi connectivity index (χ2v) is 13.5. The Hall–Kier alpha value is -0.700. The average molecular weight is 625 g/mol. The number of ketones is 4. The summed E-state index contributed by atoms with van der Waals surface area (Å²) >= 11 is 3.47. The van der Waals surface area contributed by atoms with E-state index in [1.54, 1.807) is 37.7 Å². The standard InChI is InChI=1S/2C8H16O2.2C8H16OS.CH4/c4*1-6(2)8(9)7(3)5-10-4;/h4*6-7H,5H2,1-4H3;1H4. The summed E-state index contributed by atoms with van der Waals surface area (Å²) in [4.78, 5) is 44.7. The monoisotopic (exact) mass is 624 g/mol. The smallest absolute Gasteiger partial charge is 0.140 e. The molecule has 0 spiro atoms. The summed E-state index contributed by atoms with van der Waals surface area (Å²) in [5.74, 6) is 4.44. The molecule has 248 valence electrons. The van der Waals surface area contributed by atoms with Crippen LogP contribution < -0.4 is 0 Å². The molecule has 0 saturated carbocycles. The van der Waals surface area contributed by atoms with Crippen molar-refractivity contribution in [2.75, 3.05) is 51.5 Å². The molecule has 4 unspecified atom stereocenters. The molecule has 0 aliphatic carbocycles. The lowest BCUT2D eigenvalue weighted by atomic mass is 9.98. The molecule has 0 heterocycles. The molecule has 0 amide bonds. The molecular formula is C33H68O6S2. The average Bonchev–Trinajstić information content (AvgIpc) is 2.88. The third-order valence-corrected chi connectivity index (χ3v) is 7.55. The molecule has 0 aromatic heterocycles. The molecule has 4 atom stereocenters. The van der Waals surface area contributed by atoms with Crippen LogP contribution in [0.25, 0.3) is 0 Å². The minimum absolute atomic E-state index is 0. The van der Waals surface area contributed by atoms with E-state index in [2.05, 4.69) is 0 Å².